The first-order valence-corrected chi connectivity index (χ1v) is 10.2. The van der Waals surface area contributed by atoms with Crippen LogP contribution in [0.4, 0.5) is 10.1 Å². The molecular weight excluding hydrogens is 397 g/mol. The van der Waals surface area contributed by atoms with E-state index in [9.17, 15) is 14.0 Å². The smallest absolute Gasteiger partial charge is 0.274 e. The molecule has 4 rings (SSSR count). The van der Waals surface area contributed by atoms with Crippen LogP contribution in [0.2, 0.25) is 0 Å². The van der Waals surface area contributed by atoms with E-state index in [2.05, 4.69) is 10.4 Å². The Hall–Kier alpha value is -3.52. The second-order valence-electron chi connectivity index (χ2n) is 7.54. The van der Waals surface area contributed by atoms with Crippen LogP contribution in [0.25, 0.3) is 5.69 Å². The van der Waals surface area contributed by atoms with Crippen LogP contribution >= 0.6 is 0 Å². The largest absolute Gasteiger partial charge is 0.335 e. The van der Waals surface area contributed by atoms with Gasteiger partial charge in [0.2, 0.25) is 5.91 Å². The zero-order chi connectivity index (χ0) is 21.8. The van der Waals surface area contributed by atoms with Crippen molar-refractivity contribution in [3.63, 3.8) is 0 Å². The zero-order valence-corrected chi connectivity index (χ0v) is 17.3. The molecule has 0 atom stereocenters. The average molecular weight is 421 g/mol. The van der Waals surface area contributed by atoms with Crippen molar-refractivity contribution in [3.8, 4) is 5.69 Å². The van der Waals surface area contributed by atoms with Crippen molar-refractivity contribution >= 4 is 17.5 Å². The number of para-hydroxylation sites is 1. The van der Waals surface area contributed by atoms with E-state index in [0.717, 1.165) is 11.4 Å². The molecule has 0 unspecified atom stereocenters. The third-order valence-electron chi connectivity index (χ3n) is 5.26. The number of nitrogens with zero attached hydrogens (tertiary/aromatic N) is 4. The van der Waals surface area contributed by atoms with Gasteiger partial charge in [-0.15, -0.1) is 0 Å². The Morgan fingerprint density at radius 2 is 1.68 bits per heavy atom. The number of piperazine rings is 1. The molecule has 1 aliphatic heterocycles. The number of rotatable bonds is 5. The lowest BCUT2D eigenvalue weighted by atomic mass is 10.2. The fraction of sp³-hybridized carbons (Fsp3) is 0.261. The quantitative estimate of drug-likeness (QED) is 0.688. The molecule has 1 saturated heterocycles. The highest BCUT2D eigenvalue weighted by atomic mass is 19.1. The summed E-state index contributed by atoms with van der Waals surface area (Å²) in [5.41, 5.74) is 2.79. The molecule has 31 heavy (non-hydrogen) atoms. The third kappa shape index (κ3) is 4.97. The highest BCUT2D eigenvalue weighted by Gasteiger charge is 2.25. The maximum Gasteiger partial charge on any atom is 0.274 e. The van der Waals surface area contributed by atoms with Crippen LogP contribution in [0.1, 0.15) is 16.2 Å². The summed E-state index contributed by atoms with van der Waals surface area (Å²) >= 11 is 0. The Kier molecular flexibility index (Phi) is 6.08. The van der Waals surface area contributed by atoms with Gasteiger partial charge in [-0.05, 0) is 49.4 Å². The Morgan fingerprint density at radius 3 is 2.35 bits per heavy atom. The molecule has 2 heterocycles. The summed E-state index contributed by atoms with van der Waals surface area (Å²) < 4.78 is 14.7. The van der Waals surface area contributed by atoms with E-state index in [0.29, 0.717) is 37.6 Å². The van der Waals surface area contributed by atoms with Crippen molar-refractivity contribution in [1.82, 2.24) is 19.6 Å². The van der Waals surface area contributed by atoms with Gasteiger partial charge in [-0.25, -0.2) is 9.07 Å². The van der Waals surface area contributed by atoms with Gasteiger partial charge in [0.05, 0.1) is 12.2 Å². The lowest BCUT2D eigenvalue weighted by Crippen LogP contribution is -2.50. The first kappa shape index (κ1) is 20.7. The number of aryl methyl sites for hydroxylation is 1. The van der Waals surface area contributed by atoms with E-state index in [-0.39, 0.29) is 24.2 Å². The third-order valence-corrected chi connectivity index (χ3v) is 5.26. The van der Waals surface area contributed by atoms with Gasteiger partial charge < -0.3 is 10.2 Å². The van der Waals surface area contributed by atoms with E-state index in [1.54, 1.807) is 15.6 Å². The van der Waals surface area contributed by atoms with Crippen molar-refractivity contribution in [2.45, 2.75) is 6.92 Å². The first-order valence-electron chi connectivity index (χ1n) is 10.2. The van der Waals surface area contributed by atoms with Crippen LogP contribution in [0.5, 0.6) is 0 Å². The van der Waals surface area contributed by atoms with Crippen molar-refractivity contribution in [2.24, 2.45) is 0 Å². The van der Waals surface area contributed by atoms with Crippen LogP contribution in [0, 0.1) is 12.7 Å². The molecule has 8 heteroatoms. The Morgan fingerprint density at radius 1 is 1.00 bits per heavy atom. The molecule has 0 bridgehead atoms. The second-order valence-corrected chi connectivity index (χ2v) is 7.54. The number of carbonyl (C=O) groups is 2. The number of nitrogens with one attached hydrogen (secondary N) is 1. The summed E-state index contributed by atoms with van der Waals surface area (Å²) in [4.78, 5) is 28.9. The molecule has 3 aromatic rings. The van der Waals surface area contributed by atoms with Gasteiger partial charge in [-0.2, -0.15) is 5.10 Å². The van der Waals surface area contributed by atoms with Gasteiger partial charge in [0, 0.05) is 37.6 Å². The lowest BCUT2D eigenvalue weighted by molar-refractivity contribution is -0.117. The molecule has 1 aliphatic rings. The fourth-order valence-corrected chi connectivity index (χ4v) is 3.62. The first-order chi connectivity index (χ1) is 15.0. The summed E-state index contributed by atoms with van der Waals surface area (Å²) in [7, 11) is 0. The van der Waals surface area contributed by atoms with E-state index >= 15 is 0 Å². The molecule has 1 fully saturated rings. The maximum atomic E-state index is 13.0. The predicted octanol–water partition coefficient (Wildman–Crippen LogP) is 2.72. The monoisotopic (exact) mass is 421 g/mol. The number of carbonyl (C=O) groups excluding carboxylic acids is 2. The van der Waals surface area contributed by atoms with E-state index in [1.807, 2.05) is 42.2 Å². The lowest BCUT2D eigenvalue weighted by Gasteiger charge is -2.33. The number of hydrogen-bond acceptors (Lipinski definition) is 4. The van der Waals surface area contributed by atoms with Gasteiger partial charge in [-0.1, -0.05) is 18.2 Å². The molecule has 2 amide bonds. The molecule has 2 aromatic carbocycles. The summed E-state index contributed by atoms with van der Waals surface area (Å²) in [6.07, 6.45) is 0. The molecule has 1 N–H and O–H groups in total. The Balaban J connectivity index is 1.31. The fourth-order valence-electron chi connectivity index (χ4n) is 3.62. The SMILES string of the molecule is Cc1cc(C(=O)N2CCN(CC(=O)Nc3ccc(F)cc3)CC2)nn1-c1ccccc1. The minimum Gasteiger partial charge on any atom is -0.335 e. The number of anilines is 1. The van der Waals surface area contributed by atoms with Crippen molar-refractivity contribution in [2.75, 3.05) is 38.0 Å². The molecule has 7 nitrogen and oxygen atoms in total. The maximum absolute atomic E-state index is 13.0. The molecular formula is C23H24FN5O2. The van der Waals surface area contributed by atoms with E-state index < -0.39 is 0 Å². The van der Waals surface area contributed by atoms with Gasteiger partial charge >= 0.3 is 0 Å². The number of hydrogen-bond donors (Lipinski definition) is 1. The van der Waals surface area contributed by atoms with Gasteiger partial charge in [0.25, 0.3) is 5.91 Å². The zero-order valence-electron chi connectivity index (χ0n) is 17.3. The average Bonchev–Trinajstić information content (AvgIpc) is 3.17. The number of halogens is 1. The minimum atomic E-state index is -0.345. The molecule has 0 aliphatic carbocycles. The summed E-state index contributed by atoms with van der Waals surface area (Å²) in [5, 5.41) is 7.26. The molecule has 1 aromatic heterocycles. The van der Waals surface area contributed by atoms with E-state index in [1.165, 1.54) is 24.3 Å². The highest BCUT2D eigenvalue weighted by molar-refractivity contribution is 5.93. The molecule has 0 radical (unpaired) electrons. The van der Waals surface area contributed by atoms with Crippen LogP contribution in [0.3, 0.4) is 0 Å². The molecule has 160 valence electrons. The van der Waals surface area contributed by atoms with Crippen LogP contribution < -0.4 is 5.32 Å². The Bertz CT molecular complexity index is 1060. The minimum absolute atomic E-state index is 0.104. The van der Waals surface area contributed by atoms with Crippen LogP contribution in [-0.4, -0.2) is 64.1 Å². The van der Waals surface area contributed by atoms with Crippen LogP contribution in [-0.2, 0) is 4.79 Å². The van der Waals surface area contributed by atoms with Crippen LogP contribution in [0.15, 0.2) is 60.7 Å². The van der Waals surface area contributed by atoms with Crippen molar-refractivity contribution in [3.05, 3.63) is 77.9 Å². The van der Waals surface area contributed by atoms with Gasteiger partial charge in [-0.3, -0.25) is 14.5 Å². The van der Waals surface area contributed by atoms with E-state index in [4.69, 9.17) is 0 Å². The summed E-state index contributed by atoms with van der Waals surface area (Å²) in [5.74, 6) is -0.612. The molecule has 0 spiro atoms. The number of benzene rings is 2. The topological polar surface area (TPSA) is 70.5 Å². The predicted molar refractivity (Wildman–Crippen MR) is 116 cm³/mol. The Labute approximate surface area is 180 Å². The summed E-state index contributed by atoms with van der Waals surface area (Å²) in [6.45, 7) is 4.40. The normalized spacial score (nSPS) is 14.5. The van der Waals surface area contributed by atoms with Gasteiger partial charge in [0.15, 0.2) is 5.69 Å². The number of amides is 2. The van der Waals surface area contributed by atoms with Gasteiger partial charge in [0.1, 0.15) is 5.82 Å². The second kappa shape index (κ2) is 9.09. The van der Waals surface area contributed by atoms with Crippen molar-refractivity contribution < 1.29 is 14.0 Å². The number of aromatic nitrogens is 2. The van der Waals surface area contributed by atoms with Crippen molar-refractivity contribution in [1.29, 1.82) is 0 Å². The molecule has 0 saturated carbocycles. The highest BCUT2D eigenvalue weighted by Crippen LogP contribution is 2.15. The summed E-state index contributed by atoms with van der Waals surface area (Å²) in [6, 6.07) is 17.2. The standard InChI is InChI=1S/C23H24FN5O2/c1-17-15-21(26-29(17)20-5-3-2-4-6-20)23(31)28-13-11-27(12-14-28)16-22(30)25-19-9-7-18(24)8-10-19/h2-10,15H,11-14,16H2,1H3,(H,25,30).